The minimum Gasteiger partial charge on any atom is -0.397 e. The number of anilines is 1. The van der Waals surface area contributed by atoms with Crippen LogP contribution in [0, 0.1) is 6.92 Å². The molecule has 0 atom stereocenters. The van der Waals surface area contributed by atoms with Crippen molar-refractivity contribution in [3.8, 4) is 11.4 Å². The number of H-pyrrole nitrogens is 1. The van der Waals surface area contributed by atoms with Crippen LogP contribution in [0.5, 0.6) is 0 Å². The monoisotopic (exact) mass is 257 g/mol. The van der Waals surface area contributed by atoms with Gasteiger partial charge in [-0.25, -0.2) is 4.98 Å². The van der Waals surface area contributed by atoms with Crippen molar-refractivity contribution in [3.05, 3.63) is 47.0 Å². The first-order chi connectivity index (χ1) is 8.65. The Bertz CT molecular complexity index is 731. The van der Waals surface area contributed by atoms with E-state index in [-0.39, 0.29) is 0 Å². The summed E-state index contributed by atoms with van der Waals surface area (Å²) < 4.78 is 0. The van der Waals surface area contributed by atoms with Gasteiger partial charge in [0.15, 0.2) is 0 Å². The Hall–Kier alpha value is -2.00. The summed E-state index contributed by atoms with van der Waals surface area (Å²) in [5.41, 5.74) is 10.4. The zero-order valence-electron chi connectivity index (χ0n) is 9.87. The van der Waals surface area contributed by atoms with E-state index in [2.05, 4.69) is 9.97 Å². The maximum atomic E-state index is 6.03. The van der Waals surface area contributed by atoms with Gasteiger partial charge in [-0.15, -0.1) is 0 Å². The smallest absolute Gasteiger partial charge is 0.138 e. The number of hydrogen-bond acceptors (Lipinski definition) is 2. The number of aromatic nitrogens is 2. The first kappa shape index (κ1) is 11.1. The first-order valence-corrected chi connectivity index (χ1v) is 6.03. The third-order valence-electron chi connectivity index (χ3n) is 3.00. The summed E-state index contributed by atoms with van der Waals surface area (Å²) in [5, 5.41) is 0.698. The highest BCUT2D eigenvalue weighted by Gasteiger charge is 2.09. The van der Waals surface area contributed by atoms with Gasteiger partial charge in [0.2, 0.25) is 0 Å². The fraction of sp³-hybridized carbons (Fsp3) is 0.0714. The van der Waals surface area contributed by atoms with Crippen LogP contribution in [0.4, 0.5) is 5.69 Å². The van der Waals surface area contributed by atoms with Crippen LogP contribution < -0.4 is 5.73 Å². The number of benzene rings is 2. The van der Waals surface area contributed by atoms with E-state index in [0.717, 1.165) is 28.0 Å². The summed E-state index contributed by atoms with van der Waals surface area (Å²) in [6, 6.07) is 11.5. The second-order valence-electron chi connectivity index (χ2n) is 4.29. The molecular formula is C14H12ClN3. The van der Waals surface area contributed by atoms with Crippen molar-refractivity contribution < 1.29 is 0 Å². The number of nitrogens with zero attached hydrogens (tertiary/aromatic N) is 1. The van der Waals surface area contributed by atoms with Crippen molar-refractivity contribution in [1.29, 1.82) is 0 Å². The summed E-state index contributed by atoms with van der Waals surface area (Å²) in [6.07, 6.45) is 0. The van der Waals surface area contributed by atoms with Crippen molar-refractivity contribution in [2.24, 2.45) is 0 Å². The number of aryl methyl sites for hydroxylation is 1. The maximum Gasteiger partial charge on any atom is 0.138 e. The number of imidazole rings is 1. The maximum absolute atomic E-state index is 6.03. The van der Waals surface area contributed by atoms with Crippen LogP contribution in [0.1, 0.15) is 5.56 Å². The molecule has 1 heterocycles. The molecule has 0 unspecified atom stereocenters. The quantitative estimate of drug-likeness (QED) is 0.652. The van der Waals surface area contributed by atoms with Crippen LogP contribution in [0.25, 0.3) is 22.4 Å². The SMILES string of the molecule is Cc1ccc(Cl)cc1-c1nc2c(N)cccc2[nH]1. The number of hydrogen-bond donors (Lipinski definition) is 2. The second-order valence-corrected chi connectivity index (χ2v) is 4.72. The summed E-state index contributed by atoms with van der Waals surface area (Å²) in [5.74, 6) is 0.794. The van der Waals surface area contributed by atoms with Gasteiger partial charge in [0.05, 0.1) is 11.2 Å². The molecule has 1 aromatic heterocycles. The average Bonchev–Trinajstić information content (AvgIpc) is 2.77. The molecule has 2 aromatic carbocycles. The standard InChI is InChI=1S/C14H12ClN3/c1-8-5-6-9(15)7-10(8)14-17-12-4-2-3-11(16)13(12)18-14/h2-7H,16H2,1H3,(H,17,18). The van der Waals surface area contributed by atoms with Crippen LogP contribution in [-0.2, 0) is 0 Å². The van der Waals surface area contributed by atoms with Crippen LogP contribution in [0.2, 0.25) is 5.02 Å². The largest absolute Gasteiger partial charge is 0.397 e. The van der Waals surface area contributed by atoms with Crippen molar-refractivity contribution >= 4 is 28.3 Å². The average molecular weight is 258 g/mol. The zero-order chi connectivity index (χ0) is 12.7. The molecule has 4 heteroatoms. The molecule has 3 nitrogen and oxygen atoms in total. The minimum absolute atomic E-state index is 0.676. The highest BCUT2D eigenvalue weighted by Crippen LogP contribution is 2.28. The van der Waals surface area contributed by atoms with E-state index in [0.29, 0.717) is 10.7 Å². The van der Waals surface area contributed by atoms with Gasteiger partial charge in [0.1, 0.15) is 11.3 Å². The molecule has 0 aliphatic carbocycles. The molecule has 0 fully saturated rings. The van der Waals surface area contributed by atoms with Crippen LogP contribution in [0.15, 0.2) is 36.4 Å². The van der Waals surface area contributed by atoms with Gasteiger partial charge >= 0.3 is 0 Å². The Morgan fingerprint density at radius 2 is 2.06 bits per heavy atom. The lowest BCUT2D eigenvalue weighted by Crippen LogP contribution is -1.86. The normalized spacial score (nSPS) is 11.0. The molecule has 0 aliphatic heterocycles. The molecule has 0 bridgehead atoms. The number of rotatable bonds is 1. The molecule has 3 aromatic rings. The van der Waals surface area contributed by atoms with E-state index in [1.807, 2.05) is 43.3 Å². The molecule has 0 aliphatic rings. The number of nitrogens with one attached hydrogen (secondary N) is 1. The third kappa shape index (κ3) is 1.73. The Balaban J connectivity index is 2.26. The highest BCUT2D eigenvalue weighted by molar-refractivity contribution is 6.30. The fourth-order valence-corrected chi connectivity index (χ4v) is 2.20. The molecular weight excluding hydrogens is 246 g/mol. The van der Waals surface area contributed by atoms with Crippen LogP contribution >= 0.6 is 11.6 Å². The Kier molecular flexibility index (Phi) is 2.49. The van der Waals surface area contributed by atoms with Gasteiger partial charge in [0.25, 0.3) is 0 Å². The lowest BCUT2D eigenvalue weighted by atomic mass is 10.1. The molecule has 3 N–H and O–H groups in total. The van der Waals surface area contributed by atoms with E-state index in [1.165, 1.54) is 0 Å². The summed E-state index contributed by atoms with van der Waals surface area (Å²) in [7, 11) is 0. The van der Waals surface area contributed by atoms with Gasteiger partial charge in [-0.3, -0.25) is 0 Å². The van der Waals surface area contributed by atoms with Gasteiger partial charge in [0, 0.05) is 10.6 Å². The van der Waals surface area contributed by atoms with Crippen LogP contribution in [-0.4, -0.2) is 9.97 Å². The Morgan fingerprint density at radius 3 is 2.83 bits per heavy atom. The van der Waals surface area contributed by atoms with Gasteiger partial charge in [-0.2, -0.15) is 0 Å². The van der Waals surface area contributed by atoms with Gasteiger partial charge in [-0.05, 0) is 36.8 Å². The number of aromatic amines is 1. The molecule has 0 saturated carbocycles. The van der Waals surface area contributed by atoms with Crippen molar-refractivity contribution in [1.82, 2.24) is 9.97 Å². The van der Waals surface area contributed by atoms with E-state index in [9.17, 15) is 0 Å². The second kappa shape index (κ2) is 4.03. The molecule has 3 rings (SSSR count). The number of nitrogen functional groups attached to an aromatic ring is 1. The Morgan fingerprint density at radius 1 is 1.22 bits per heavy atom. The third-order valence-corrected chi connectivity index (χ3v) is 3.23. The van der Waals surface area contributed by atoms with E-state index < -0.39 is 0 Å². The molecule has 0 amide bonds. The summed E-state index contributed by atoms with van der Waals surface area (Å²) >= 11 is 6.03. The van der Waals surface area contributed by atoms with Crippen molar-refractivity contribution in [2.75, 3.05) is 5.73 Å². The van der Waals surface area contributed by atoms with E-state index in [1.54, 1.807) is 0 Å². The summed E-state index contributed by atoms with van der Waals surface area (Å²) in [4.78, 5) is 7.82. The van der Waals surface area contributed by atoms with Crippen molar-refractivity contribution in [3.63, 3.8) is 0 Å². The van der Waals surface area contributed by atoms with Gasteiger partial charge < -0.3 is 10.7 Å². The van der Waals surface area contributed by atoms with Crippen LogP contribution in [0.3, 0.4) is 0 Å². The van der Waals surface area contributed by atoms with E-state index >= 15 is 0 Å². The first-order valence-electron chi connectivity index (χ1n) is 5.66. The zero-order valence-corrected chi connectivity index (χ0v) is 10.6. The van der Waals surface area contributed by atoms with E-state index in [4.69, 9.17) is 17.3 Å². The lowest BCUT2D eigenvalue weighted by molar-refractivity contribution is 1.31. The predicted molar refractivity (Wildman–Crippen MR) is 75.7 cm³/mol. The minimum atomic E-state index is 0.676. The fourth-order valence-electron chi connectivity index (χ4n) is 2.03. The predicted octanol–water partition coefficient (Wildman–Crippen LogP) is 3.77. The van der Waals surface area contributed by atoms with Crippen molar-refractivity contribution in [2.45, 2.75) is 6.92 Å². The number of halogens is 1. The highest BCUT2D eigenvalue weighted by atomic mass is 35.5. The molecule has 18 heavy (non-hydrogen) atoms. The lowest BCUT2D eigenvalue weighted by Gasteiger charge is -2.02. The molecule has 0 saturated heterocycles. The van der Waals surface area contributed by atoms with Gasteiger partial charge in [-0.1, -0.05) is 23.7 Å². The number of para-hydroxylation sites is 1. The molecule has 0 radical (unpaired) electrons. The number of nitrogens with two attached hydrogens (primary N) is 1. The Labute approximate surface area is 110 Å². The number of fused-ring (bicyclic) bond motifs is 1. The molecule has 90 valence electrons. The topological polar surface area (TPSA) is 54.7 Å². The molecule has 0 spiro atoms. The summed E-state index contributed by atoms with van der Waals surface area (Å²) in [6.45, 7) is 2.03.